The number of benzene rings is 1. The molecule has 2 N–H and O–H groups in total. The molecule has 207 valence electrons. The second-order valence-corrected chi connectivity index (χ2v) is 9.57. The molecule has 1 aliphatic rings. The van der Waals surface area contributed by atoms with E-state index in [4.69, 9.17) is 14.1 Å². The molecule has 1 aliphatic heterocycles. The molecule has 12 nitrogen and oxygen atoms in total. The lowest BCUT2D eigenvalue weighted by Crippen LogP contribution is -2.53. The van der Waals surface area contributed by atoms with Crippen LogP contribution in [0.15, 0.2) is 48.9 Å². The minimum Gasteiger partial charge on any atom is -0.534 e. The van der Waals surface area contributed by atoms with Crippen LogP contribution in [0.3, 0.4) is 0 Å². The lowest BCUT2D eigenvalue weighted by atomic mass is 9.81. The highest BCUT2D eigenvalue weighted by Crippen LogP contribution is 2.18. The number of methoxy groups -OCH3 is 1. The number of esters is 1. The Morgan fingerprint density at radius 1 is 1.13 bits per heavy atom. The van der Waals surface area contributed by atoms with E-state index in [0.717, 1.165) is 5.56 Å². The molecule has 0 spiro atoms. The van der Waals surface area contributed by atoms with Crippen LogP contribution in [0.25, 0.3) is 0 Å². The standard InChI is InChI=1S/C26H33BN5O7/c1-16(2)12-20(27-39-26(36)22-21(25(35)37-4)32(3)15-38-22)31-23(33)18(13-17-8-6-5-7-9-17)30-24(34)19-14-28-10-11-29-19/h5-11,14,16,18,20-22H,12-13,15H2,1-4H3,(H,30,34)(H,31,33)/t18-,20-,21+,22+/m0/s1. The van der Waals surface area contributed by atoms with E-state index >= 15 is 0 Å². The van der Waals surface area contributed by atoms with Crippen molar-refractivity contribution in [3.63, 3.8) is 0 Å². The normalized spacial score (nSPS) is 18.6. The topological polar surface area (TPSA) is 149 Å². The molecule has 1 saturated heterocycles. The zero-order valence-electron chi connectivity index (χ0n) is 22.4. The third-order valence-corrected chi connectivity index (χ3v) is 6.00. The number of nitrogens with one attached hydrogen (secondary N) is 2. The molecule has 1 fully saturated rings. The van der Waals surface area contributed by atoms with Crippen LogP contribution in [0, 0.1) is 5.92 Å². The fourth-order valence-corrected chi connectivity index (χ4v) is 4.09. The predicted molar refractivity (Wildman–Crippen MR) is 140 cm³/mol. The second kappa shape index (κ2) is 14.4. The number of hydrogen-bond donors (Lipinski definition) is 2. The summed E-state index contributed by atoms with van der Waals surface area (Å²) in [6.07, 6.45) is 3.63. The maximum atomic E-state index is 13.4. The number of amides is 2. The smallest absolute Gasteiger partial charge is 0.398 e. The van der Waals surface area contributed by atoms with Crippen molar-refractivity contribution in [3.05, 3.63) is 60.2 Å². The molecule has 1 aromatic carbocycles. The maximum Gasteiger partial charge on any atom is 0.398 e. The van der Waals surface area contributed by atoms with Crippen LogP contribution >= 0.6 is 0 Å². The maximum absolute atomic E-state index is 13.4. The Labute approximate surface area is 228 Å². The number of ether oxygens (including phenoxy) is 2. The molecule has 13 heteroatoms. The van der Waals surface area contributed by atoms with Crippen LogP contribution in [-0.4, -0.2) is 91.1 Å². The summed E-state index contributed by atoms with van der Waals surface area (Å²) < 4.78 is 15.6. The lowest BCUT2D eigenvalue weighted by Gasteiger charge is -2.24. The first-order valence-corrected chi connectivity index (χ1v) is 12.5. The molecule has 0 bridgehead atoms. The van der Waals surface area contributed by atoms with Gasteiger partial charge in [0, 0.05) is 24.8 Å². The number of likely N-dealkylation sites (N-methyl/N-ethyl adjacent to an activating group) is 1. The lowest BCUT2D eigenvalue weighted by molar-refractivity contribution is -0.154. The summed E-state index contributed by atoms with van der Waals surface area (Å²) in [5, 5.41) is 5.59. The Kier molecular flexibility index (Phi) is 10.9. The highest BCUT2D eigenvalue weighted by atomic mass is 16.6. The van der Waals surface area contributed by atoms with Crippen molar-refractivity contribution in [2.75, 3.05) is 20.9 Å². The van der Waals surface area contributed by atoms with Crippen molar-refractivity contribution in [1.29, 1.82) is 0 Å². The molecule has 0 unspecified atom stereocenters. The number of carbonyl (C=O) groups excluding carboxylic acids is 4. The fraction of sp³-hybridized carbons (Fsp3) is 0.462. The van der Waals surface area contributed by atoms with Gasteiger partial charge in [-0.15, -0.1) is 0 Å². The quantitative estimate of drug-likeness (QED) is 0.285. The summed E-state index contributed by atoms with van der Waals surface area (Å²) in [6.45, 7) is 3.96. The van der Waals surface area contributed by atoms with Gasteiger partial charge in [0.1, 0.15) is 24.5 Å². The first-order chi connectivity index (χ1) is 18.7. The molecule has 0 aliphatic carbocycles. The summed E-state index contributed by atoms with van der Waals surface area (Å²) in [4.78, 5) is 60.5. The van der Waals surface area contributed by atoms with Gasteiger partial charge in [-0.2, -0.15) is 0 Å². The molecule has 3 rings (SSSR count). The van der Waals surface area contributed by atoms with Crippen LogP contribution in [0.1, 0.15) is 36.3 Å². The number of hydrogen-bond acceptors (Lipinski definition) is 10. The van der Waals surface area contributed by atoms with E-state index in [0.29, 0.717) is 6.42 Å². The second-order valence-electron chi connectivity index (χ2n) is 9.57. The highest BCUT2D eigenvalue weighted by Gasteiger charge is 2.45. The number of aromatic nitrogens is 2. The molecule has 2 amide bonds. The molecule has 4 atom stereocenters. The van der Waals surface area contributed by atoms with Gasteiger partial charge in [-0.1, -0.05) is 44.2 Å². The molecule has 2 heterocycles. The summed E-state index contributed by atoms with van der Waals surface area (Å²) in [7, 11) is 4.08. The van der Waals surface area contributed by atoms with Crippen molar-refractivity contribution in [2.24, 2.45) is 5.92 Å². The summed E-state index contributed by atoms with van der Waals surface area (Å²) in [6, 6.07) is 7.35. The molecule has 0 saturated carbocycles. The van der Waals surface area contributed by atoms with E-state index in [9.17, 15) is 19.2 Å². The van der Waals surface area contributed by atoms with E-state index in [1.807, 2.05) is 44.2 Å². The third-order valence-electron chi connectivity index (χ3n) is 6.00. The molecule has 1 radical (unpaired) electrons. The van der Waals surface area contributed by atoms with Gasteiger partial charge in [-0.3, -0.25) is 29.1 Å². The van der Waals surface area contributed by atoms with Gasteiger partial charge < -0.3 is 24.8 Å². The number of carbonyl (C=O) groups is 4. The zero-order chi connectivity index (χ0) is 28.4. The molecule has 2 aromatic rings. The van der Waals surface area contributed by atoms with Crippen LogP contribution in [0.2, 0.25) is 0 Å². The Hall–Kier alpha value is -3.84. The van der Waals surface area contributed by atoms with E-state index < -0.39 is 47.9 Å². The van der Waals surface area contributed by atoms with Crippen molar-refractivity contribution in [2.45, 2.75) is 50.8 Å². The molecule has 1 aromatic heterocycles. The van der Waals surface area contributed by atoms with E-state index in [1.165, 1.54) is 33.2 Å². The summed E-state index contributed by atoms with van der Waals surface area (Å²) in [5.74, 6) is -2.97. The van der Waals surface area contributed by atoms with Crippen LogP contribution in [-0.2, 0) is 34.9 Å². The minimum absolute atomic E-state index is 0.0539. The number of nitrogens with zero attached hydrogens (tertiary/aromatic N) is 3. The highest BCUT2D eigenvalue weighted by molar-refractivity contribution is 6.33. The van der Waals surface area contributed by atoms with Crippen LogP contribution in [0.4, 0.5) is 0 Å². The molecule has 39 heavy (non-hydrogen) atoms. The molecular weight excluding hydrogens is 505 g/mol. The average molecular weight is 538 g/mol. The van der Waals surface area contributed by atoms with Gasteiger partial charge in [0.15, 0.2) is 6.10 Å². The van der Waals surface area contributed by atoms with Gasteiger partial charge in [0.05, 0.1) is 13.3 Å². The zero-order valence-corrected chi connectivity index (χ0v) is 22.4. The predicted octanol–water partition coefficient (Wildman–Crippen LogP) is 0.298. The first-order valence-electron chi connectivity index (χ1n) is 12.5. The Bertz CT molecular complexity index is 1120. The minimum atomic E-state index is -1.17. The van der Waals surface area contributed by atoms with Crippen molar-refractivity contribution >= 4 is 31.2 Å². The van der Waals surface area contributed by atoms with Gasteiger partial charge in [-0.25, -0.2) is 4.98 Å². The van der Waals surface area contributed by atoms with E-state index in [1.54, 1.807) is 11.9 Å². The van der Waals surface area contributed by atoms with E-state index in [2.05, 4.69) is 20.6 Å². The first kappa shape index (κ1) is 29.7. The van der Waals surface area contributed by atoms with Gasteiger partial charge in [0.2, 0.25) is 5.91 Å². The Morgan fingerprint density at radius 2 is 1.87 bits per heavy atom. The number of rotatable bonds is 12. The van der Waals surface area contributed by atoms with Crippen LogP contribution < -0.4 is 10.6 Å². The van der Waals surface area contributed by atoms with E-state index in [-0.39, 0.29) is 24.8 Å². The average Bonchev–Trinajstić information content (AvgIpc) is 3.32. The SMILES string of the molecule is COC(=O)[C@H]1[C@H](C(=O)O[B][C@H](CC(C)C)NC(=O)[C@H](Cc2ccccc2)NC(=O)c2cnccn2)OCN1C. The Balaban J connectivity index is 1.70. The van der Waals surface area contributed by atoms with Gasteiger partial charge in [-0.05, 0) is 24.9 Å². The third kappa shape index (κ3) is 8.59. The summed E-state index contributed by atoms with van der Waals surface area (Å²) >= 11 is 0. The fourth-order valence-electron chi connectivity index (χ4n) is 4.09. The van der Waals surface area contributed by atoms with Crippen molar-refractivity contribution in [3.8, 4) is 0 Å². The van der Waals surface area contributed by atoms with Gasteiger partial charge in [0.25, 0.3) is 5.91 Å². The van der Waals surface area contributed by atoms with Crippen LogP contribution in [0.5, 0.6) is 0 Å². The van der Waals surface area contributed by atoms with Gasteiger partial charge >= 0.3 is 19.4 Å². The Morgan fingerprint density at radius 3 is 2.51 bits per heavy atom. The van der Waals surface area contributed by atoms with Crippen molar-refractivity contribution < 1.29 is 33.3 Å². The molecular formula is C26H33BN5O7. The van der Waals surface area contributed by atoms with Crippen molar-refractivity contribution in [1.82, 2.24) is 25.5 Å². The largest absolute Gasteiger partial charge is 0.534 e. The summed E-state index contributed by atoms with van der Waals surface area (Å²) in [5.41, 5.74) is 0.911. The monoisotopic (exact) mass is 538 g/mol.